The lowest BCUT2D eigenvalue weighted by Gasteiger charge is -2.35. The van der Waals surface area contributed by atoms with Crippen molar-refractivity contribution in [2.45, 2.75) is 13.5 Å². The molecule has 1 N–H and O–H groups in total. The number of aryl methyl sites for hydroxylation is 1. The number of hydrogen-bond acceptors (Lipinski definition) is 4. The number of carbonyl (C=O) groups is 1. The van der Waals surface area contributed by atoms with E-state index in [1.165, 1.54) is 16.1 Å². The fourth-order valence-corrected chi connectivity index (χ4v) is 3.49. The van der Waals surface area contributed by atoms with E-state index >= 15 is 0 Å². The van der Waals surface area contributed by atoms with Crippen LogP contribution in [0.15, 0.2) is 41.8 Å². The van der Waals surface area contributed by atoms with Crippen molar-refractivity contribution in [1.82, 2.24) is 10.2 Å². The topological polar surface area (TPSA) is 35.6 Å². The van der Waals surface area contributed by atoms with E-state index in [0.717, 1.165) is 26.2 Å². The van der Waals surface area contributed by atoms with E-state index in [2.05, 4.69) is 46.3 Å². The van der Waals surface area contributed by atoms with Crippen LogP contribution in [0.5, 0.6) is 0 Å². The number of amides is 1. The molecule has 0 spiro atoms. The van der Waals surface area contributed by atoms with E-state index in [1.807, 2.05) is 17.5 Å². The molecule has 0 unspecified atom stereocenters. The molecule has 1 amide bonds. The van der Waals surface area contributed by atoms with E-state index in [0.29, 0.717) is 13.1 Å². The van der Waals surface area contributed by atoms with Gasteiger partial charge in [-0.3, -0.25) is 9.69 Å². The van der Waals surface area contributed by atoms with Crippen molar-refractivity contribution in [3.8, 4) is 0 Å². The molecule has 2 heterocycles. The van der Waals surface area contributed by atoms with E-state index in [1.54, 1.807) is 11.3 Å². The molecular formula is C18H23N3OS. The second kappa shape index (κ2) is 7.62. The highest BCUT2D eigenvalue weighted by Gasteiger charge is 2.19. The fraction of sp³-hybridized carbons (Fsp3) is 0.389. The van der Waals surface area contributed by atoms with Gasteiger partial charge in [0.15, 0.2) is 0 Å². The molecule has 122 valence electrons. The minimum atomic E-state index is 0.113. The van der Waals surface area contributed by atoms with Crippen LogP contribution in [0.3, 0.4) is 0 Å². The first-order chi connectivity index (χ1) is 11.2. The van der Waals surface area contributed by atoms with Gasteiger partial charge in [0, 0.05) is 36.7 Å². The number of benzene rings is 1. The van der Waals surface area contributed by atoms with Crippen LogP contribution in [-0.4, -0.2) is 43.5 Å². The van der Waals surface area contributed by atoms with Gasteiger partial charge in [0.1, 0.15) is 0 Å². The Kier molecular flexibility index (Phi) is 5.31. The number of hydrogen-bond donors (Lipinski definition) is 1. The molecule has 1 fully saturated rings. The lowest BCUT2D eigenvalue weighted by atomic mass is 10.2. The van der Waals surface area contributed by atoms with E-state index in [-0.39, 0.29) is 5.91 Å². The van der Waals surface area contributed by atoms with Crippen LogP contribution in [0.4, 0.5) is 5.69 Å². The highest BCUT2D eigenvalue weighted by molar-refractivity contribution is 7.09. The maximum atomic E-state index is 12.0. The highest BCUT2D eigenvalue weighted by Crippen LogP contribution is 2.17. The Morgan fingerprint density at radius 2 is 2.00 bits per heavy atom. The molecule has 23 heavy (non-hydrogen) atoms. The number of anilines is 1. The average molecular weight is 329 g/mol. The molecule has 0 bridgehead atoms. The second-order valence-corrected chi connectivity index (χ2v) is 6.99. The molecule has 0 saturated carbocycles. The standard InChI is InChI=1S/C18H23N3OS/c1-15-4-2-5-16(12-15)21-9-7-20(8-10-21)14-18(22)19-13-17-6-3-11-23-17/h2-6,11-12H,7-10,13-14H2,1H3,(H,19,22). The Morgan fingerprint density at radius 1 is 1.17 bits per heavy atom. The van der Waals surface area contributed by atoms with Crippen molar-refractivity contribution >= 4 is 22.9 Å². The van der Waals surface area contributed by atoms with Gasteiger partial charge in [0.2, 0.25) is 5.91 Å². The lowest BCUT2D eigenvalue weighted by Crippen LogP contribution is -2.49. The third-order valence-electron chi connectivity index (χ3n) is 4.15. The third kappa shape index (κ3) is 4.56. The molecule has 0 atom stereocenters. The van der Waals surface area contributed by atoms with Crippen LogP contribution in [0, 0.1) is 6.92 Å². The Bertz CT molecular complexity index is 633. The van der Waals surface area contributed by atoms with Gasteiger partial charge in [0.25, 0.3) is 0 Å². The second-order valence-electron chi connectivity index (χ2n) is 5.96. The smallest absolute Gasteiger partial charge is 0.234 e. The minimum Gasteiger partial charge on any atom is -0.369 e. The number of thiophene rings is 1. The summed E-state index contributed by atoms with van der Waals surface area (Å²) < 4.78 is 0. The van der Waals surface area contributed by atoms with Crippen molar-refractivity contribution in [3.05, 3.63) is 52.2 Å². The average Bonchev–Trinajstić information content (AvgIpc) is 3.07. The molecule has 1 aromatic heterocycles. The minimum absolute atomic E-state index is 0.113. The van der Waals surface area contributed by atoms with Crippen molar-refractivity contribution in [1.29, 1.82) is 0 Å². The lowest BCUT2D eigenvalue weighted by molar-refractivity contribution is -0.122. The van der Waals surface area contributed by atoms with Crippen molar-refractivity contribution < 1.29 is 4.79 Å². The maximum absolute atomic E-state index is 12.0. The normalized spacial score (nSPS) is 15.6. The Hall–Kier alpha value is -1.85. The fourth-order valence-electron chi connectivity index (χ4n) is 2.85. The number of rotatable bonds is 5. The van der Waals surface area contributed by atoms with Crippen LogP contribution in [0.2, 0.25) is 0 Å². The molecule has 1 aliphatic rings. The number of carbonyl (C=O) groups excluding carboxylic acids is 1. The first-order valence-corrected chi connectivity index (χ1v) is 8.92. The van der Waals surface area contributed by atoms with Gasteiger partial charge in [0.05, 0.1) is 13.1 Å². The Morgan fingerprint density at radius 3 is 2.70 bits per heavy atom. The van der Waals surface area contributed by atoms with E-state index in [9.17, 15) is 4.79 Å². The summed E-state index contributed by atoms with van der Waals surface area (Å²) >= 11 is 1.68. The summed E-state index contributed by atoms with van der Waals surface area (Å²) in [5.74, 6) is 0.113. The van der Waals surface area contributed by atoms with Crippen LogP contribution in [-0.2, 0) is 11.3 Å². The summed E-state index contributed by atoms with van der Waals surface area (Å²) in [4.78, 5) is 17.9. The number of nitrogens with zero attached hydrogens (tertiary/aromatic N) is 2. The monoisotopic (exact) mass is 329 g/mol. The van der Waals surface area contributed by atoms with Gasteiger partial charge >= 0.3 is 0 Å². The summed E-state index contributed by atoms with van der Waals surface area (Å²) in [5.41, 5.74) is 2.57. The number of piperazine rings is 1. The number of nitrogens with one attached hydrogen (secondary N) is 1. The van der Waals surface area contributed by atoms with Gasteiger partial charge in [-0.1, -0.05) is 18.2 Å². The van der Waals surface area contributed by atoms with Gasteiger partial charge in [-0.2, -0.15) is 0 Å². The molecule has 3 rings (SSSR count). The predicted octanol–water partition coefficient (Wildman–Crippen LogP) is 2.49. The van der Waals surface area contributed by atoms with Crippen molar-refractivity contribution in [2.75, 3.05) is 37.6 Å². The van der Waals surface area contributed by atoms with Crippen molar-refractivity contribution in [3.63, 3.8) is 0 Å². The van der Waals surface area contributed by atoms with Gasteiger partial charge in [-0.15, -0.1) is 11.3 Å². The first-order valence-electron chi connectivity index (χ1n) is 8.04. The molecule has 0 radical (unpaired) electrons. The molecule has 0 aliphatic carbocycles. The zero-order valence-corrected chi connectivity index (χ0v) is 14.3. The summed E-state index contributed by atoms with van der Waals surface area (Å²) in [6, 6.07) is 12.7. The van der Waals surface area contributed by atoms with Gasteiger partial charge in [-0.05, 0) is 36.1 Å². The van der Waals surface area contributed by atoms with Gasteiger partial charge < -0.3 is 10.2 Å². The van der Waals surface area contributed by atoms with E-state index < -0.39 is 0 Å². The maximum Gasteiger partial charge on any atom is 0.234 e. The molecule has 1 aliphatic heterocycles. The zero-order valence-electron chi connectivity index (χ0n) is 13.5. The Balaban J connectivity index is 1.43. The van der Waals surface area contributed by atoms with Crippen LogP contribution < -0.4 is 10.2 Å². The molecular weight excluding hydrogens is 306 g/mol. The zero-order chi connectivity index (χ0) is 16.1. The molecule has 4 nitrogen and oxygen atoms in total. The van der Waals surface area contributed by atoms with Crippen molar-refractivity contribution in [2.24, 2.45) is 0 Å². The summed E-state index contributed by atoms with van der Waals surface area (Å²) in [7, 11) is 0. The molecule has 1 saturated heterocycles. The summed E-state index contributed by atoms with van der Waals surface area (Å²) in [6.45, 7) is 7.06. The van der Waals surface area contributed by atoms with Gasteiger partial charge in [-0.25, -0.2) is 0 Å². The SMILES string of the molecule is Cc1cccc(N2CCN(CC(=O)NCc3cccs3)CC2)c1. The summed E-state index contributed by atoms with van der Waals surface area (Å²) in [6.07, 6.45) is 0. The van der Waals surface area contributed by atoms with Crippen LogP contribution >= 0.6 is 11.3 Å². The van der Waals surface area contributed by atoms with Crippen LogP contribution in [0.25, 0.3) is 0 Å². The largest absolute Gasteiger partial charge is 0.369 e. The molecule has 1 aromatic carbocycles. The summed E-state index contributed by atoms with van der Waals surface area (Å²) in [5, 5.41) is 5.03. The molecule has 5 heteroatoms. The first kappa shape index (κ1) is 16.0. The third-order valence-corrected chi connectivity index (χ3v) is 5.02. The highest BCUT2D eigenvalue weighted by atomic mass is 32.1. The van der Waals surface area contributed by atoms with Crippen LogP contribution in [0.1, 0.15) is 10.4 Å². The Labute approximate surface area is 141 Å². The molecule has 2 aromatic rings. The predicted molar refractivity (Wildman–Crippen MR) is 96.0 cm³/mol. The quantitative estimate of drug-likeness (QED) is 0.915. The van der Waals surface area contributed by atoms with E-state index in [4.69, 9.17) is 0 Å².